The first kappa shape index (κ1) is 14.3. The number of hydrogen-bond donors (Lipinski definition) is 1. The smallest absolute Gasteiger partial charge is 0.0373 e. The third kappa shape index (κ3) is 4.22. The number of likely N-dealkylation sites (N-methyl/N-ethyl adjacent to an activating group) is 2. The molecule has 18 heavy (non-hydrogen) atoms. The summed E-state index contributed by atoms with van der Waals surface area (Å²) in [5, 5.41) is 3.80. The Morgan fingerprint density at radius 2 is 2.00 bits per heavy atom. The van der Waals surface area contributed by atoms with Gasteiger partial charge >= 0.3 is 0 Å². The van der Waals surface area contributed by atoms with Gasteiger partial charge < -0.3 is 10.2 Å². The van der Waals surface area contributed by atoms with E-state index in [-0.39, 0.29) is 0 Å². The van der Waals surface area contributed by atoms with E-state index in [1.54, 1.807) is 0 Å². The van der Waals surface area contributed by atoms with E-state index < -0.39 is 0 Å². The summed E-state index contributed by atoms with van der Waals surface area (Å²) < 4.78 is 0. The van der Waals surface area contributed by atoms with E-state index in [1.165, 1.54) is 58.3 Å². The number of hydrogen-bond acceptors (Lipinski definition) is 3. The monoisotopic (exact) mass is 253 g/mol. The second-order valence-electron chi connectivity index (χ2n) is 6.39. The van der Waals surface area contributed by atoms with Crippen LogP contribution in [0.3, 0.4) is 0 Å². The minimum atomic E-state index is 0.693. The van der Waals surface area contributed by atoms with Crippen LogP contribution in [0.25, 0.3) is 0 Å². The maximum absolute atomic E-state index is 3.80. The lowest BCUT2D eigenvalue weighted by atomic mass is 9.97. The van der Waals surface area contributed by atoms with Crippen molar-refractivity contribution < 1.29 is 0 Å². The minimum absolute atomic E-state index is 0.693. The Kier molecular flexibility index (Phi) is 5.46. The molecule has 2 aliphatic rings. The molecule has 3 heteroatoms. The number of nitrogens with zero attached hydrogens (tertiary/aromatic N) is 2. The molecule has 106 valence electrons. The van der Waals surface area contributed by atoms with Gasteiger partial charge in [0, 0.05) is 31.7 Å². The van der Waals surface area contributed by atoms with Crippen LogP contribution in [0.5, 0.6) is 0 Å². The third-order valence-electron chi connectivity index (χ3n) is 4.60. The number of nitrogens with one attached hydrogen (secondary N) is 1. The van der Waals surface area contributed by atoms with Crippen molar-refractivity contribution in [2.45, 2.75) is 51.1 Å². The van der Waals surface area contributed by atoms with Gasteiger partial charge in [-0.1, -0.05) is 19.8 Å². The van der Waals surface area contributed by atoms with Gasteiger partial charge in [0.2, 0.25) is 0 Å². The molecule has 1 heterocycles. The summed E-state index contributed by atoms with van der Waals surface area (Å²) in [5.41, 5.74) is 0. The van der Waals surface area contributed by atoms with Crippen LogP contribution < -0.4 is 5.32 Å². The molecule has 0 aromatic heterocycles. The first-order valence-corrected chi connectivity index (χ1v) is 7.83. The average molecular weight is 253 g/mol. The maximum atomic E-state index is 3.80. The molecule has 0 aromatic carbocycles. The maximum Gasteiger partial charge on any atom is 0.0373 e. The van der Waals surface area contributed by atoms with Crippen LogP contribution in [0.4, 0.5) is 0 Å². The van der Waals surface area contributed by atoms with Crippen molar-refractivity contribution >= 4 is 0 Å². The lowest BCUT2D eigenvalue weighted by Gasteiger charge is -2.42. The minimum Gasteiger partial charge on any atom is -0.312 e. The Balaban J connectivity index is 1.86. The topological polar surface area (TPSA) is 18.5 Å². The Morgan fingerprint density at radius 3 is 2.67 bits per heavy atom. The molecule has 0 radical (unpaired) electrons. The summed E-state index contributed by atoms with van der Waals surface area (Å²) in [7, 11) is 4.56. The molecule has 2 unspecified atom stereocenters. The first-order chi connectivity index (χ1) is 8.70. The summed E-state index contributed by atoms with van der Waals surface area (Å²) in [4.78, 5) is 5.06. The molecule has 0 spiro atoms. The van der Waals surface area contributed by atoms with Crippen molar-refractivity contribution in [3.8, 4) is 0 Å². The van der Waals surface area contributed by atoms with Crippen molar-refractivity contribution in [3.63, 3.8) is 0 Å². The fourth-order valence-electron chi connectivity index (χ4n) is 3.06. The fourth-order valence-corrected chi connectivity index (χ4v) is 3.06. The zero-order chi connectivity index (χ0) is 13.0. The van der Waals surface area contributed by atoms with E-state index in [0.29, 0.717) is 12.1 Å². The summed E-state index contributed by atoms with van der Waals surface area (Å²) in [6.45, 7) is 7.10. The van der Waals surface area contributed by atoms with Crippen LogP contribution in [0.1, 0.15) is 39.0 Å². The van der Waals surface area contributed by atoms with Gasteiger partial charge in [0.15, 0.2) is 0 Å². The van der Waals surface area contributed by atoms with Gasteiger partial charge in [-0.05, 0) is 45.8 Å². The van der Waals surface area contributed by atoms with Crippen LogP contribution in [0, 0.1) is 5.92 Å². The van der Waals surface area contributed by atoms with Crippen LogP contribution in [-0.4, -0.2) is 62.2 Å². The second kappa shape index (κ2) is 6.88. The van der Waals surface area contributed by atoms with Gasteiger partial charge in [-0.2, -0.15) is 0 Å². The highest BCUT2D eigenvalue weighted by molar-refractivity contribution is 4.90. The zero-order valence-electron chi connectivity index (χ0n) is 12.5. The van der Waals surface area contributed by atoms with Gasteiger partial charge in [0.05, 0.1) is 0 Å². The quantitative estimate of drug-likeness (QED) is 0.746. The van der Waals surface area contributed by atoms with Gasteiger partial charge in [-0.15, -0.1) is 0 Å². The molecule has 0 bridgehead atoms. The molecule has 1 saturated carbocycles. The highest BCUT2D eigenvalue weighted by Crippen LogP contribution is 2.34. The molecule has 1 N–H and O–H groups in total. The van der Waals surface area contributed by atoms with Crippen molar-refractivity contribution in [2.75, 3.05) is 40.3 Å². The summed E-state index contributed by atoms with van der Waals surface area (Å²) in [6, 6.07) is 1.40. The van der Waals surface area contributed by atoms with Crippen LogP contribution in [0.2, 0.25) is 0 Å². The molecular formula is C15H31N3. The standard InChI is InChI=1S/C15H31N3/c1-4-9-16-14(8-7-13-5-6-13)15-12-17(2)10-11-18(15)3/h13-16H,4-12H2,1-3H3. The van der Waals surface area contributed by atoms with Crippen LogP contribution in [-0.2, 0) is 0 Å². The predicted octanol–water partition coefficient (Wildman–Crippen LogP) is 1.79. The van der Waals surface area contributed by atoms with Crippen molar-refractivity contribution in [1.82, 2.24) is 15.1 Å². The fraction of sp³-hybridized carbons (Fsp3) is 1.00. The molecule has 0 aromatic rings. The second-order valence-corrected chi connectivity index (χ2v) is 6.39. The van der Waals surface area contributed by atoms with Gasteiger partial charge in [-0.3, -0.25) is 4.90 Å². The normalized spacial score (nSPS) is 28.5. The van der Waals surface area contributed by atoms with E-state index in [9.17, 15) is 0 Å². The van der Waals surface area contributed by atoms with E-state index in [1.807, 2.05) is 0 Å². The summed E-state index contributed by atoms with van der Waals surface area (Å²) in [6.07, 6.45) is 7.02. The molecule has 1 saturated heterocycles. The van der Waals surface area contributed by atoms with Gasteiger partial charge in [0.1, 0.15) is 0 Å². The molecule has 3 nitrogen and oxygen atoms in total. The first-order valence-electron chi connectivity index (χ1n) is 7.83. The lowest BCUT2D eigenvalue weighted by molar-refractivity contribution is 0.0842. The predicted molar refractivity (Wildman–Crippen MR) is 78.0 cm³/mol. The SMILES string of the molecule is CCCNC(CCC1CC1)C1CN(C)CCN1C. The van der Waals surface area contributed by atoms with Gasteiger partial charge in [-0.25, -0.2) is 0 Å². The van der Waals surface area contributed by atoms with E-state index in [2.05, 4.69) is 36.1 Å². The zero-order valence-corrected chi connectivity index (χ0v) is 12.5. The number of rotatable bonds is 7. The highest BCUT2D eigenvalue weighted by Gasteiger charge is 2.31. The van der Waals surface area contributed by atoms with Crippen molar-refractivity contribution in [3.05, 3.63) is 0 Å². The van der Waals surface area contributed by atoms with E-state index in [0.717, 1.165) is 5.92 Å². The van der Waals surface area contributed by atoms with Crippen molar-refractivity contribution in [2.24, 2.45) is 5.92 Å². The molecule has 1 aliphatic heterocycles. The summed E-state index contributed by atoms with van der Waals surface area (Å²) in [5.74, 6) is 1.06. The third-order valence-corrected chi connectivity index (χ3v) is 4.60. The summed E-state index contributed by atoms with van der Waals surface area (Å²) >= 11 is 0. The molecule has 2 rings (SSSR count). The Morgan fingerprint density at radius 1 is 1.22 bits per heavy atom. The Hall–Kier alpha value is -0.120. The highest BCUT2D eigenvalue weighted by atomic mass is 15.3. The van der Waals surface area contributed by atoms with Crippen LogP contribution >= 0.6 is 0 Å². The largest absolute Gasteiger partial charge is 0.312 e. The average Bonchev–Trinajstić information content (AvgIpc) is 3.17. The number of piperazine rings is 1. The molecule has 2 atom stereocenters. The van der Waals surface area contributed by atoms with E-state index >= 15 is 0 Å². The molecular weight excluding hydrogens is 222 g/mol. The van der Waals surface area contributed by atoms with Gasteiger partial charge in [0.25, 0.3) is 0 Å². The Bertz CT molecular complexity index is 240. The Labute approximate surface area is 113 Å². The van der Waals surface area contributed by atoms with E-state index in [4.69, 9.17) is 0 Å². The molecule has 2 fully saturated rings. The van der Waals surface area contributed by atoms with Crippen LogP contribution in [0.15, 0.2) is 0 Å². The molecule has 1 aliphatic carbocycles. The van der Waals surface area contributed by atoms with Crippen molar-refractivity contribution in [1.29, 1.82) is 0 Å². The molecule has 0 amide bonds. The lowest BCUT2D eigenvalue weighted by Crippen LogP contribution is -2.58.